The molecule has 0 atom stereocenters. The molecular weight excluding hydrogens is 313 g/mol. The van der Waals surface area contributed by atoms with Crippen LogP contribution in [0.3, 0.4) is 0 Å². The normalized spacial score (nSPS) is 20.2. The van der Waals surface area contributed by atoms with E-state index in [2.05, 4.69) is 23.3 Å². The Morgan fingerprint density at radius 1 is 0.833 bits per heavy atom. The van der Waals surface area contributed by atoms with Crippen molar-refractivity contribution in [3.63, 3.8) is 0 Å². The van der Waals surface area contributed by atoms with Crippen molar-refractivity contribution in [2.24, 2.45) is 0 Å². The molecule has 2 aliphatic rings. The summed E-state index contributed by atoms with van der Waals surface area (Å²) in [6, 6.07) is 0. The molecule has 0 unspecified atom stereocenters. The summed E-state index contributed by atoms with van der Waals surface area (Å²) in [5.74, 6) is 0. The summed E-state index contributed by atoms with van der Waals surface area (Å²) in [6.45, 7) is 0. The number of nitrogens with zero attached hydrogens (tertiary/aromatic N) is 2. The first-order valence-electron chi connectivity index (χ1n) is 4.56. The van der Waals surface area contributed by atoms with E-state index in [9.17, 15) is 13.2 Å². The van der Waals surface area contributed by atoms with Gasteiger partial charge in [-0.05, 0) is 0 Å². The van der Waals surface area contributed by atoms with Crippen LogP contribution in [0.25, 0.3) is 10.6 Å². The third-order valence-corrected chi connectivity index (χ3v) is 1.59. The van der Waals surface area contributed by atoms with Crippen LogP contribution in [0.4, 0.5) is 13.2 Å². The molecule has 1 radical (unpaired) electrons. The number of hydrogen-bond acceptors (Lipinski definition) is 1. The molecule has 7 heteroatoms. The number of rotatable bonds is 0. The van der Waals surface area contributed by atoms with E-state index in [-0.39, 0.29) is 17.1 Å². The van der Waals surface area contributed by atoms with Gasteiger partial charge in [-0.2, -0.15) is 37.0 Å². The quantitative estimate of drug-likeness (QED) is 0.486. The largest absolute Gasteiger partial charge is 0.680 e. The number of allylic oxidation sites excluding steroid dienone is 6. The van der Waals surface area contributed by atoms with Gasteiger partial charge < -0.3 is 23.3 Å². The first-order valence-corrected chi connectivity index (χ1v) is 4.97. The molecule has 0 aromatic rings. The van der Waals surface area contributed by atoms with Crippen LogP contribution in [0.2, 0.25) is 0 Å². The first-order chi connectivity index (χ1) is 7.97. The molecule has 0 aromatic carbocycles. The van der Waals surface area contributed by atoms with Crippen LogP contribution in [0.15, 0.2) is 60.3 Å². The van der Waals surface area contributed by atoms with Crippen molar-refractivity contribution in [1.29, 1.82) is 0 Å². The summed E-state index contributed by atoms with van der Waals surface area (Å²) >= 11 is 2.83. The van der Waals surface area contributed by atoms with E-state index in [1.165, 1.54) is 0 Å². The maximum atomic E-state index is 10.2. The SMILES string of the molecule is C1=C[N-]C(=C2C=CC=C[N-]2)C=C1.FC(F)(F)[S-].[Cu]. The third-order valence-electron chi connectivity index (χ3n) is 1.59. The smallest absolute Gasteiger partial charge is 0.276 e. The van der Waals surface area contributed by atoms with Gasteiger partial charge in [0.25, 0.3) is 5.51 Å². The molecular formula is C11H8CuF3N2S-3. The summed E-state index contributed by atoms with van der Waals surface area (Å²) in [5, 5.41) is 8.37. The molecule has 0 fully saturated rings. The average molecular weight is 321 g/mol. The maximum Gasteiger partial charge on any atom is 0.276 e. The standard InChI is InChI=1S/C10H8N2.CHF3S.Cu/c1-3-7-11-9(5-1)10-6-2-4-8-12-10;2-1(3,4)5;/h1-8H;5H;/q-2;;/p-1. The number of halogens is 3. The summed E-state index contributed by atoms with van der Waals surface area (Å²) in [7, 11) is 0. The van der Waals surface area contributed by atoms with Gasteiger partial charge in [-0.1, -0.05) is 36.5 Å². The van der Waals surface area contributed by atoms with Gasteiger partial charge in [-0.25, -0.2) is 0 Å². The predicted molar refractivity (Wildman–Crippen MR) is 63.7 cm³/mol. The van der Waals surface area contributed by atoms with Crippen LogP contribution in [0, 0.1) is 0 Å². The zero-order chi connectivity index (χ0) is 12.7. The van der Waals surface area contributed by atoms with Crippen molar-refractivity contribution in [2.45, 2.75) is 5.51 Å². The molecule has 0 saturated carbocycles. The number of hydrogen-bond donors (Lipinski definition) is 0. The molecule has 2 heterocycles. The van der Waals surface area contributed by atoms with Crippen molar-refractivity contribution < 1.29 is 30.2 Å². The summed E-state index contributed by atoms with van der Waals surface area (Å²) in [4.78, 5) is 0. The minimum absolute atomic E-state index is 0. The Labute approximate surface area is 119 Å². The van der Waals surface area contributed by atoms with Crippen molar-refractivity contribution in [2.75, 3.05) is 0 Å². The monoisotopic (exact) mass is 320 g/mol. The molecule has 0 aromatic heterocycles. The minimum Gasteiger partial charge on any atom is -0.680 e. The van der Waals surface area contributed by atoms with E-state index < -0.39 is 5.51 Å². The van der Waals surface area contributed by atoms with E-state index in [4.69, 9.17) is 0 Å². The van der Waals surface area contributed by atoms with Crippen LogP contribution in [0.5, 0.6) is 0 Å². The maximum absolute atomic E-state index is 10.2. The van der Waals surface area contributed by atoms with Gasteiger partial charge in [0.2, 0.25) is 0 Å². The fourth-order valence-electron chi connectivity index (χ4n) is 1.03. The zero-order valence-electron chi connectivity index (χ0n) is 8.86. The van der Waals surface area contributed by atoms with Crippen LogP contribution in [-0.2, 0) is 29.7 Å². The molecule has 0 saturated heterocycles. The molecule has 2 aliphatic heterocycles. The van der Waals surface area contributed by atoms with Crippen molar-refractivity contribution >= 4 is 12.6 Å². The van der Waals surface area contributed by atoms with Gasteiger partial charge in [0.1, 0.15) is 0 Å². The van der Waals surface area contributed by atoms with Gasteiger partial charge in [-0.3, -0.25) is 0 Å². The molecule has 0 bridgehead atoms. The van der Waals surface area contributed by atoms with Gasteiger partial charge >= 0.3 is 0 Å². The predicted octanol–water partition coefficient (Wildman–Crippen LogP) is 4.16. The topological polar surface area (TPSA) is 28.2 Å². The molecule has 2 rings (SSSR count). The Morgan fingerprint density at radius 2 is 1.17 bits per heavy atom. The number of alkyl halides is 3. The Hall–Kier alpha value is -1.04. The molecule has 18 heavy (non-hydrogen) atoms. The first kappa shape index (κ1) is 17.0. The molecule has 103 valence electrons. The van der Waals surface area contributed by atoms with Crippen molar-refractivity contribution in [3.8, 4) is 0 Å². The van der Waals surface area contributed by atoms with Crippen LogP contribution >= 0.6 is 0 Å². The summed E-state index contributed by atoms with van der Waals surface area (Å²) in [5.41, 5.74) is -2.59. The van der Waals surface area contributed by atoms with E-state index in [1.807, 2.05) is 36.5 Å². The molecule has 0 N–H and O–H groups in total. The van der Waals surface area contributed by atoms with Gasteiger partial charge in [0.05, 0.1) is 0 Å². The van der Waals surface area contributed by atoms with Crippen LogP contribution in [0.1, 0.15) is 0 Å². The van der Waals surface area contributed by atoms with Crippen LogP contribution in [-0.4, -0.2) is 5.51 Å². The third kappa shape index (κ3) is 8.11. The molecule has 0 amide bonds. The van der Waals surface area contributed by atoms with E-state index in [0.717, 1.165) is 11.4 Å². The summed E-state index contributed by atoms with van der Waals surface area (Å²) in [6.07, 6.45) is 15.1. The van der Waals surface area contributed by atoms with E-state index >= 15 is 0 Å². The van der Waals surface area contributed by atoms with E-state index in [0.29, 0.717) is 0 Å². The molecule has 0 spiro atoms. The zero-order valence-corrected chi connectivity index (χ0v) is 10.6. The fraction of sp³-hybridized carbons (Fsp3) is 0.0909. The Kier molecular flexibility index (Phi) is 7.66. The van der Waals surface area contributed by atoms with Gasteiger partial charge in [0, 0.05) is 17.1 Å². The van der Waals surface area contributed by atoms with Crippen molar-refractivity contribution in [1.82, 2.24) is 0 Å². The Bertz CT molecular complexity index is 371. The van der Waals surface area contributed by atoms with Crippen LogP contribution < -0.4 is 0 Å². The second-order valence-corrected chi connectivity index (χ2v) is 3.34. The Morgan fingerprint density at radius 3 is 1.39 bits per heavy atom. The minimum atomic E-state index is -4.42. The fourth-order valence-corrected chi connectivity index (χ4v) is 1.03. The summed E-state index contributed by atoms with van der Waals surface area (Å²) < 4.78 is 30.5. The second kappa shape index (κ2) is 8.13. The van der Waals surface area contributed by atoms with Gasteiger partial charge in [-0.15, -0.1) is 0 Å². The van der Waals surface area contributed by atoms with E-state index in [1.54, 1.807) is 12.4 Å². The molecule has 2 nitrogen and oxygen atoms in total. The second-order valence-electron chi connectivity index (χ2n) is 2.88. The average Bonchev–Trinajstić information content (AvgIpc) is 2.29. The Balaban J connectivity index is 0.000000421. The van der Waals surface area contributed by atoms with Crippen molar-refractivity contribution in [3.05, 3.63) is 70.9 Å². The van der Waals surface area contributed by atoms with Gasteiger partial charge in [0.15, 0.2) is 0 Å². The molecule has 0 aliphatic carbocycles.